The van der Waals surface area contributed by atoms with Crippen LogP contribution in [-0.4, -0.2) is 39.6 Å². The molecule has 0 amide bonds. The summed E-state index contributed by atoms with van der Waals surface area (Å²) in [6, 6.07) is 11.0. The molecular formula is C27H30FN5O. The van der Waals surface area contributed by atoms with E-state index in [9.17, 15) is 4.79 Å². The van der Waals surface area contributed by atoms with Crippen molar-refractivity contribution in [1.82, 2.24) is 14.5 Å². The summed E-state index contributed by atoms with van der Waals surface area (Å²) in [6.07, 6.45) is 2.32. The quantitative estimate of drug-likeness (QED) is 0.506. The lowest BCUT2D eigenvalue weighted by molar-refractivity contribution is 0.117. The molecule has 34 heavy (non-hydrogen) atoms. The summed E-state index contributed by atoms with van der Waals surface area (Å²) in [7, 11) is 1.72. The number of aryl methyl sites for hydroxylation is 1. The molecule has 0 bridgehead atoms. The first kappa shape index (κ1) is 22.5. The van der Waals surface area contributed by atoms with Gasteiger partial charge in [-0.2, -0.15) is 0 Å². The van der Waals surface area contributed by atoms with E-state index in [-0.39, 0.29) is 29.5 Å². The lowest BCUT2D eigenvalue weighted by atomic mass is 9.98. The Labute approximate surface area is 199 Å². The van der Waals surface area contributed by atoms with Crippen LogP contribution in [0.15, 0.2) is 41.2 Å². The number of fused-ring (bicyclic) bond motifs is 1. The molecule has 5 rings (SSSR count). The minimum Gasteiger partial charge on any atom is -0.362 e. The van der Waals surface area contributed by atoms with E-state index in [1.54, 1.807) is 35.9 Å². The molecular weight excluding hydrogens is 429 g/mol. The molecule has 7 heteroatoms. The van der Waals surface area contributed by atoms with Crippen LogP contribution in [0.5, 0.6) is 0 Å². The Morgan fingerprint density at radius 3 is 2.56 bits per heavy atom. The van der Waals surface area contributed by atoms with Crippen molar-refractivity contribution < 1.29 is 4.39 Å². The third-order valence-electron chi connectivity index (χ3n) is 7.53. The first-order chi connectivity index (χ1) is 16.3. The number of hydrogen-bond acceptors (Lipinski definition) is 4. The molecule has 3 heterocycles. The normalized spacial score (nSPS) is 22.1. The molecule has 3 aromatic rings. The van der Waals surface area contributed by atoms with Gasteiger partial charge in [-0.3, -0.25) is 9.69 Å². The number of rotatable bonds is 4. The van der Waals surface area contributed by atoms with E-state index in [4.69, 9.17) is 6.57 Å². The van der Waals surface area contributed by atoms with Crippen molar-refractivity contribution in [1.29, 1.82) is 0 Å². The molecule has 0 N–H and O–H groups in total. The number of aromatic nitrogens is 2. The average Bonchev–Trinajstić information content (AvgIpc) is 3.67. The fraction of sp³-hybridized carbons (Fsp3) is 0.444. The molecule has 1 unspecified atom stereocenters. The maximum absolute atomic E-state index is 15.0. The number of anilines is 1. The molecule has 1 aliphatic heterocycles. The lowest BCUT2D eigenvalue weighted by Gasteiger charge is -2.47. The first-order valence-electron chi connectivity index (χ1n) is 12.0. The topological polar surface area (TPSA) is 45.7 Å². The third kappa shape index (κ3) is 3.86. The molecule has 1 aromatic carbocycles. The van der Waals surface area contributed by atoms with E-state index >= 15 is 4.39 Å². The molecule has 0 radical (unpaired) electrons. The molecule has 6 nitrogen and oxygen atoms in total. The van der Waals surface area contributed by atoms with Gasteiger partial charge < -0.3 is 14.3 Å². The maximum atomic E-state index is 15.0. The minimum absolute atomic E-state index is 0.0555. The Morgan fingerprint density at radius 1 is 1.12 bits per heavy atom. The fourth-order valence-corrected chi connectivity index (χ4v) is 5.34. The molecule has 1 aliphatic carbocycles. The smallest absolute Gasteiger partial charge is 0.270 e. The largest absolute Gasteiger partial charge is 0.362 e. The van der Waals surface area contributed by atoms with Crippen LogP contribution in [0.1, 0.15) is 56.7 Å². The second kappa shape index (κ2) is 8.52. The highest BCUT2D eigenvalue weighted by Crippen LogP contribution is 2.41. The van der Waals surface area contributed by atoms with Crippen molar-refractivity contribution >= 4 is 22.5 Å². The van der Waals surface area contributed by atoms with Crippen molar-refractivity contribution in [3.63, 3.8) is 0 Å². The lowest BCUT2D eigenvalue weighted by Crippen LogP contribution is -2.57. The van der Waals surface area contributed by atoms with Crippen molar-refractivity contribution in [3.05, 3.63) is 75.1 Å². The summed E-state index contributed by atoms with van der Waals surface area (Å²) in [4.78, 5) is 25.3. The Hall–Kier alpha value is -3.24. The molecule has 2 aromatic heterocycles. The van der Waals surface area contributed by atoms with Crippen molar-refractivity contribution in [2.24, 2.45) is 7.05 Å². The SMILES string of the molecule is [C-]#[N+]c1ccc2c(n1)c(N1C[C@@H](C)N(C(C)c3ccc(C4CC4)cc3F)C[C@@H]1C)cc(=O)n2C. The molecule has 3 atom stereocenters. The Bertz CT molecular complexity index is 1360. The van der Waals surface area contributed by atoms with Gasteiger partial charge >= 0.3 is 0 Å². The van der Waals surface area contributed by atoms with E-state index in [0.29, 0.717) is 29.3 Å². The van der Waals surface area contributed by atoms with Gasteiger partial charge in [-0.15, -0.1) is 4.98 Å². The van der Waals surface area contributed by atoms with E-state index in [0.717, 1.165) is 36.2 Å². The zero-order chi connectivity index (χ0) is 24.1. The van der Waals surface area contributed by atoms with E-state index in [1.807, 2.05) is 6.07 Å². The van der Waals surface area contributed by atoms with Crippen LogP contribution in [0, 0.1) is 12.4 Å². The van der Waals surface area contributed by atoms with Gasteiger partial charge in [-0.1, -0.05) is 18.7 Å². The van der Waals surface area contributed by atoms with Gasteiger partial charge in [-0.05, 0) is 63.3 Å². The van der Waals surface area contributed by atoms with Gasteiger partial charge in [0, 0.05) is 49.9 Å². The Kier molecular flexibility index (Phi) is 5.65. The highest BCUT2D eigenvalue weighted by atomic mass is 19.1. The van der Waals surface area contributed by atoms with Gasteiger partial charge in [0.1, 0.15) is 5.82 Å². The summed E-state index contributed by atoms with van der Waals surface area (Å²) < 4.78 is 16.6. The van der Waals surface area contributed by atoms with Crippen LogP contribution in [0.25, 0.3) is 15.9 Å². The van der Waals surface area contributed by atoms with Crippen molar-refractivity contribution in [2.45, 2.75) is 57.7 Å². The molecule has 0 spiro atoms. The summed E-state index contributed by atoms with van der Waals surface area (Å²) >= 11 is 0. The van der Waals surface area contributed by atoms with Crippen molar-refractivity contribution in [3.8, 4) is 0 Å². The van der Waals surface area contributed by atoms with Crippen LogP contribution in [-0.2, 0) is 7.05 Å². The first-order valence-corrected chi connectivity index (χ1v) is 12.0. The van der Waals surface area contributed by atoms with Crippen molar-refractivity contribution in [2.75, 3.05) is 18.0 Å². The number of halogens is 1. The van der Waals surface area contributed by atoms with Crippen LogP contribution in [0.4, 0.5) is 15.9 Å². The minimum atomic E-state index is -0.118. The number of piperazine rings is 1. The second-order valence-electron chi connectivity index (χ2n) is 9.85. The fourth-order valence-electron chi connectivity index (χ4n) is 5.34. The zero-order valence-electron chi connectivity index (χ0n) is 20.1. The second-order valence-corrected chi connectivity index (χ2v) is 9.85. The molecule has 2 fully saturated rings. The molecule has 1 saturated carbocycles. The van der Waals surface area contributed by atoms with E-state index < -0.39 is 0 Å². The summed E-state index contributed by atoms with van der Waals surface area (Å²) in [5.74, 6) is 0.727. The molecule has 176 valence electrons. The van der Waals surface area contributed by atoms with Gasteiger partial charge in [0.05, 0.1) is 11.2 Å². The highest BCUT2D eigenvalue weighted by Gasteiger charge is 2.35. The standard InChI is InChI=1S/C27H30FN5O/c1-16-15-33(24-13-26(34)31(5)23-10-11-25(29-4)30-27(23)24)17(2)14-32(16)18(3)21-9-8-20(12-22(21)28)19-6-7-19/h8-13,16-19H,6-7,14-15H2,1-3,5H3/t16-,17+,18?/m1/s1. The number of pyridine rings is 2. The predicted molar refractivity (Wildman–Crippen MR) is 133 cm³/mol. The summed E-state index contributed by atoms with van der Waals surface area (Å²) in [5, 5.41) is 0. The molecule has 1 saturated heterocycles. The highest BCUT2D eigenvalue weighted by molar-refractivity contribution is 5.89. The number of benzene rings is 1. The average molecular weight is 460 g/mol. The van der Waals surface area contributed by atoms with Crippen LogP contribution < -0.4 is 10.5 Å². The van der Waals surface area contributed by atoms with Gasteiger partial charge in [0.2, 0.25) is 5.52 Å². The zero-order valence-corrected chi connectivity index (χ0v) is 20.1. The van der Waals surface area contributed by atoms with Crippen LogP contribution >= 0.6 is 0 Å². The summed E-state index contributed by atoms with van der Waals surface area (Å²) in [5.41, 5.74) is 3.88. The Balaban J connectivity index is 1.45. The van der Waals surface area contributed by atoms with Gasteiger partial charge in [-0.25, -0.2) is 4.39 Å². The summed E-state index contributed by atoms with van der Waals surface area (Å²) in [6.45, 7) is 15.1. The van der Waals surface area contributed by atoms with Gasteiger partial charge in [0.25, 0.3) is 11.4 Å². The predicted octanol–water partition coefficient (Wildman–Crippen LogP) is 5.16. The van der Waals surface area contributed by atoms with Gasteiger partial charge in [0.15, 0.2) is 0 Å². The monoisotopic (exact) mass is 459 g/mol. The number of hydrogen-bond donors (Lipinski definition) is 0. The van der Waals surface area contributed by atoms with Crippen LogP contribution in [0.3, 0.4) is 0 Å². The molecule has 2 aliphatic rings. The van der Waals surface area contributed by atoms with E-state index in [2.05, 4.69) is 46.5 Å². The van der Waals surface area contributed by atoms with E-state index in [1.165, 1.54) is 0 Å². The van der Waals surface area contributed by atoms with Crippen LogP contribution in [0.2, 0.25) is 0 Å². The maximum Gasteiger partial charge on any atom is 0.270 e. The Morgan fingerprint density at radius 2 is 1.88 bits per heavy atom. The number of nitrogens with zero attached hydrogens (tertiary/aromatic N) is 5. The third-order valence-corrected chi connectivity index (χ3v) is 7.53.